The van der Waals surface area contributed by atoms with E-state index in [1.165, 1.54) is 0 Å². The van der Waals surface area contributed by atoms with E-state index in [2.05, 4.69) is 27.5 Å². The van der Waals surface area contributed by atoms with Crippen LogP contribution in [0.3, 0.4) is 0 Å². The molecule has 0 aliphatic carbocycles. The van der Waals surface area contributed by atoms with Crippen LogP contribution in [0.4, 0.5) is 5.69 Å². The maximum Gasteiger partial charge on any atom is 0.252 e. The van der Waals surface area contributed by atoms with E-state index in [1.807, 2.05) is 39.0 Å². The minimum Gasteiger partial charge on any atom is -0.373 e. The number of carbonyl (C=O) groups excluding carboxylic acids is 3. The maximum atomic E-state index is 13.0. The van der Waals surface area contributed by atoms with Crippen molar-refractivity contribution in [1.82, 2.24) is 15.5 Å². The van der Waals surface area contributed by atoms with Crippen molar-refractivity contribution < 1.29 is 19.1 Å². The fraction of sp³-hybridized carbons (Fsp3) is 0.625. The van der Waals surface area contributed by atoms with Crippen molar-refractivity contribution in [2.75, 3.05) is 51.3 Å². The highest BCUT2D eigenvalue weighted by atomic mass is 16.5. The molecule has 8 heteroatoms. The fourth-order valence-corrected chi connectivity index (χ4v) is 4.18. The second-order valence-electron chi connectivity index (χ2n) is 9.44. The van der Waals surface area contributed by atoms with E-state index in [4.69, 9.17) is 4.74 Å². The number of nitrogens with zero attached hydrogens (tertiary/aromatic N) is 2. The molecule has 32 heavy (non-hydrogen) atoms. The summed E-state index contributed by atoms with van der Waals surface area (Å²) in [6, 6.07) is 6.25. The van der Waals surface area contributed by atoms with Gasteiger partial charge in [0.25, 0.3) is 5.91 Å². The lowest BCUT2D eigenvalue weighted by Crippen LogP contribution is -2.56. The Morgan fingerprint density at radius 3 is 2.56 bits per heavy atom. The molecule has 0 bridgehead atoms. The summed E-state index contributed by atoms with van der Waals surface area (Å²) < 4.78 is 5.24. The van der Waals surface area contributed by atoms with E-state index in [1.54, 1.807) is 6.07 Å². The average molecular weight is 445 g/mol. The van der Waals surface area contributed by atoms with Gasteiger partial charge in [0, 0.05) is 43.3 Å². The van der Waals surface area contributed by atoms with Gasteiger partial charge in [-0.2, -0.15) is 0 Å². The van der Waals surface area contributed by atoms with E-state index in [0.29, 0.717) is 18.6 Å². The molecule has 0 radical (unpaired) electrons. The Kier molecular flexibility index (Phi) is 8.26. The zero-order chi connectivity index (χ0) is 23.3. The molecule has 0 spiro atoms. The number of benzene rings is 1. The van der Waals surface area contributed by atoms with E-state index in [0.717, 1.165) is 31.9 Å². The quantitative estimate of drug-likeness (QED) is 0.659. The van der Waals surface area contributed by atoms with E-state index >= 15 is 0 Å². The molecule has 2 saturated heterocycles. The van der Waals surface area contributed by atoms with Crippen LogP contribution in [0.25, 0.3) is 0 Å². The van der Waals surface area contributed by atoms with Crippen LogP contribution in [0.2, 0.25) is 0 Å². The Balaban J connectivity index is 1.68. The summed E-state index contributed by atoms with van der Waals surface area (Å²) in [6.45, 7) is 10.1. The van der Waals surface area contributed by atoms with E-state index in [9.17, 15) is 14.4 Å². The molecule has 1 aromatic rings. The Hall–Kier alpha value is -2.45. The molecular weight excluding hydrogens is 408 g/mol. The number of piperazine rings is 1. The Labute approximate surface area is 190 Å². The number of ether oxygens (including phenoxy) is 1. The third-order valence-electron chi connectivity index (χ3n) is 6.14. The van der Waals surface area contributed by atoms with Crippen molar-refractivity contribution in [3.05, 3.63) is 29.8 Å². The number of carbonyl (C=O) groups is 3. The molecule has 0 unspecified atom stereocenters. The molecule has 0 aromatic heterocycles. The molecule has 2 aliphatic rings. The number of ketones is 1. The predicted molar refractivity (Wildman–Crippen MR) is 124 cm³/mol. The van der Waals surface area contributed by atoms with Crippen LogP contribution in [0.5, 0.6) is 0 Å². The van der Waals surface area contributed by atoms with Gasteiger partial charge in [-0.1, -0.05) is 26.8 Å². The van der Waals surface area contributed by atoms with Crippen LogP contribution in [0, 0.1) is 11.8 Å². The average Bonchev–Trinajstić information content (AvgIpc) is 2.76. The summed E-state index contributed by atoms with van der Waals surface area (Å²) in [5.41, 5.74) is 1.54. The van der Waals surface area contributed by atoms with Gasteiger partial charge in [-0.15, -0.1) is 0 Å². The number of nitrogens with one attached hydrogen (secondary N) is 2. The first-order chi connectivity index (χ1) is 15.2. The number of likely N-dealkylation sites (N-methyl/N-ethyl adjacent to an activating group) is 1. The number of anilines is 1. The number of rotatable bonds is 7. The highest BCUT2D eigenvalue weighted by Gasteiger charge is 2.33. The first-order valence-corrected chi connectivity index (χ1v) is 11.5. The Bertz CT molecular complexity index is 820. The molecule has 8 nitrogen and oxygen atoms in total. The molecule has 1 aromatic carbocycles. The molecule has 2 heterocycles. The van der Waals surface area contributed by atoms with Crippen molar-refractivity contribution in [3.63, 3.8) is 0 Å². The standard InChI is InChI=1S/C24H36N4O4/c1-16(2)12-20(24(31)26-22-17(3)14-32-15-21(22)29)25-23(30)18-6-5-7-19(13-18)28-10-8-27(4)9-11-28/h5-7,13,16-17,20,22H,8-12,14-15H2,1-4H3,(H,25,30)(H,26,31)/t17-,20+,22+/m1/s1. The van der Waals surface area contributed by atoms with Gasteiger partial charge < -0.3 is 25.2 Å². The molecule has 2 fully saturated rings. The number of hydrogen-bond acceptors (Lipinski definition) is 6. The molecule has 2 aliphatic heterocycles. The van der Waals surface area contributed by atoms with Gasteiger partial charge >= 0.3 is 0 Å². The lowest BCUT2D eigenvalue weighted by Gasteiger charge is -2.34. The summed E-state index contributed by atoms with van der Waals surface area (Å²) >= 11 is 0. The van der Waals surface area contributed by atoms with E-state index < -0.39 is 12.1 Å². The highest BCUT2D eigenvalue weighted by molar-refractivity contribution is 5.99. The van der Waals surface area contributed by atoms with Crippen molar-refractivity contribution in [1.29, 1.82) is 0 Å². The van der Waals surface area contributed by atoms with Crippen LogP contribution < -0.4 is 15.5 Å². The van der Waals surface area contributed by atoms with Crippen molar-refractivity contribution >= 4 is 23.3 Å². The molecule has 2 amide bonds. The third kappa shape index (κ3) is 6.29. The number of Topliss-reactive ketones (excluding diaryl/α,β-unsaturated/α-hetero) is 1. The molecule has 2 N–H and O–H groups in total. The summed E-state index contributed by atoms with van der Waals surface area (Å²) in [5, 5.41) is 5.75. The molecule has 3 atom stereocenters. The van der Waals surface area contributed by atoms with Gasteiger partial charge in [0.2, 0.25) is 5.91 Å². The minimum absolute atomic E-state index is 0.00950. The van der Waals surface area contributed by atoms with Crippen LogP contribution in [0.1, 0.15) is 37.6 Å². The Morgan fingerprint density at radius 1 is 1.19 bits per heavy atom. The maximum absolute atomic E-state index is 13.0. The van der Waals surface area contributed by atoms with Crippen molar-refractivity contribution in [2.45, 2.75) is 39.3 Å². The summed E-state index contributed by atoms with van der Waals surface area (Å²) in [4.78, 5) is 42.8. The topological polar surface area (TPSA) is 91.0 Å². The second-order valence-corrected chi connectivity index (χ2v) is 9.44. The van der Waals surface area contributed by atoms with Gasteiger partial charge in [0.15, 0.2) is 5.78 Å². The van der Waals surface area contributed by atoms with Crippen LogP contribution in [0.15, 0.2) is 24.3 Å². The minimum atomic E-state index is -0.711. The first kappa shape index (κ1) is 24.2. The van der Waals surface area contributed by atoms with Gasteiger partial charge in [0.1, 0.15) is 12.6 Å². The lowest BCUT2D eigenvalue weighted by atomic mass is 9.95. The first-order valence-electron chi connectivity index (χ1n) is 11.5. The Morgan fingerprint density at radius 2 is 1.91 bits per heavy atom. The fourth-order valence-electron chi connectivity index (χ4n) is 4.18. The predicted octanol–water partition coefficient (Wildman–Crippen LogP) is 1.30. The van der Waals surface area contributed by atoms with Crippen LogP contribution in [-0.2, 0) is 14.3 Å². The number of hydrogen-bond donors (Lipinski definition) is 2. The van der Waals surface area contributed by atoms with Crippen LogP contribution in [-0.4, -0.2) is 81.0 Å². The monoisotopic (exact) mass is 444 g/mol. The normalized spacial score (nSPS) is 23.2. The van der Waals surface area contributed by atoms with Gasteiger partial charge in [-0.3, -0.25) is 14.4 Å². The zero-order valence-electron chi connectivity index (χ0n) is 19.6. The summed E-state index contributed by atoms with van der Waals surface area (Å²) in [5.74, 6) is -0.643. The SMILES string of the molecule is CC(C)C[C@H](NC(=O)c1cccc(N2CCN(C)CC2)c1)C(=O)N[C@@H]1C(=O)COC[C@H]1C. The van der Waals surface area contributed by atoms with Crippen molar-refractivity contribution in [2.24, 2.45) is 11.8 Å². The highest BCUT2D eigenvalue weighted by Crippen LogP contribution is 2.19. The van der Waals surface area contributed by atoms with E-state index in [-0.39, 0.29) is 36.0 Å². The summed E-state index contributed by atoms with van der Waals surface area (Å²) in [6.07, 6.45) is 0.488. The van der Waals surface area contributed by atoms with Crippen molar-refractivity contribution in [3.8, 4) is 0 Å². The molecular formula is C24H36N4O4. The van der Waals surface area contributed by atoms with Gasteiger partial charge in [-0.25, -0.2) is 0 Å². The van der Waals surface area contributed by atoms with Gasteiger partial charge in [-0.05, 0) is 37.6 Å². The number of amides is 2. The third-order valence-corrected chi connectivity index (χ3v) is 6.14. The smallest absolute Gasteiger partial charge is 0.252 e. The largest absolute Gasteiger partial charge is 0.373 e. The lowest BCUT2D eigenvalue weighted by molar-refractivity contribution is -0.137. The molecule has 3 rings (SSSR count). The second kappa shape index (κ2) is 10.9. The zero-order valence-corrected chi connectivity index (χ0v) is 19.6. The molecule has 176 valence electrons. The van der Waals surface area contributed by atoms with Gasteiger partial charge in [0.05, 0.1) is 12.6 Å². The van der Waals surface area contributed by atoms with Crippen LogP contribution >= 0.6 is 0 Å². The molecule has 0 saturated carbocycles. The summed E-state index contributed by atoms with van der Waals surface area (Å²) in [7, 11) is 2.11.